The molecule has 0 aliphatic heterocycles. The largest absolute Gasteiger partial charge is 0.491 e. The highest BCUT2D eigenvalue weighted by Gasteiger charge is 2.12. The minimum Gasteiger partial charge on any atom is -0.491 e. The van der Waals surface area contributed by atoms with E-state index in [-0.39, 0.29) is 29.6 Å². The second-order valence-electron chi connectivity index (χ2n) is 6.90. The number of rotatable bonds is 6. The first kappa shape index (κ1) is 21.5. The molecule has 0 aliphatic carbocycles. The van der Waals surface area contributed by atoms with Gasteiger partial charge in [-0.2, -0.15) is 0 Å². The van der Waals surface area contributed by atoms with Crippen LogP contribution in [0, 0.1) is 11.6 Å². The van der Waals surface area contributed by atoms with Gasteiger partial charge in [-0.1, -0.05) is 23.7 Å². The molecule has 0 aliphatic rings. The van der Waals surface area contributed by atoms with E-state index in [4.69, 9.17) is 16.3 Å². The highest BCUT2D eigenvalue weighted by Crippen LogP contribution is 2.33. The van der Waals surface area contributed by atoms with E-state index >= 15 is 0 Å². The highest BCUT2D eigenvalue weighted by molar-refractivity contribution is 6.31. The van der Waals surface area contributed by atoms with E-state index in [0.29, 0.717) is 21.9 Å². The molecule has 0 unspecified atom stereocenters. The maximum absolute atomic E-state index is 13.5. The summed E-state index contributed by atoms with van der Waals surface area (Å²) in [6, 6.07) is 13.0. The minimum absolute atomic E-state index is 0.0379. The van der Waals surface area contributed by atoms with Gasteiger partial charge in [-0.05, 0) is 42.0 Å². The fraction of sp³-hybridized carbons (Fsp3) is 0.0870. The van der Waals surface area contributed by atoms with Gasteiger partial charge in [-0.15, -0.1) is 0 Å². The number of hydrogen-bond donors (Lipinski definition) is 1. The Kier molecular flexibility index (Phi) is 5.87. The van der Waals surface area contributed by atoms with Gasteiger partial charge in [-0.25, -0.2) is 18.6 Å². The maximum Gasteiger partial charge on any atom is 0.335 e. The van der Waals surface area contributed by atoms with Crippen LogP contribution in [-0.4, -0.2) is 27.2 Å². The first-order chi connectivity index (χ1) is 15.3. The second kappa shape index (κ2) is 8.76. The van der Waals surface area contributed by atoms with Crippen molar-refractivity contribution >= 4 is 28.5 Å². The minimum atomic E-state index is -1.13. The van der Waals surface area contributed by atoms with Crippen molar-refractivity contribution in [3.05, 3.63) is 93.5 Å². The molecule has 4 rings (SSSR count). The normalized spacial score (nSPS) is 11.0. The van der Waals surface area contributed by atoms with E-state index in [1.807, 2.05) is 0 Å². The molecule has 162 valence electrons. The van der Waals surface area contributed by atoms with Gasteiger partial charge in [-0.3, -0.25) is 9.36 Å². The lowest BCUT2D eigenvalue weighted by Gasteiger charge is -2.14. The molecule has 32 heavy (non-hydrogen) atoms. The van der Waals surface area contributed by atoms with Gasteiger partial charge in [0.2, 0.25) is 0 Å². The Hall–Kier alpha value is -3.78. The average molecular weight is 457 g/mol. The van der Waals surface area contributed by atoms with E-state index < -0.39 is 23.2 Å². The van der Waals surface area contributed by atoms with Crippen molar-refractivity contribution in [1.29, 1.82) is 0 Å². The standard InChI is InChI=1S/C23H15ClF2N2O4/c24-15-4-5-21(16(9-15)13-2-1-3-14(8-13)23(30)31)32-7-6-28-12-27-20-11-19(26)18(25)10-17(20)22(28)29/h1-5,8-12H,6-7H2,(H,30,31). The lowest BCUT2D eigenvalue weighted by atomic mass is 10.0. The number of aromatic nitrogens is 2. The van der Waals surface area contributed by atoms with Crippen molar-refractivity contribution in [2.45, 2.75) is 6.54 Å². The summed E-state index contributed by atoms with van der Waals surface area (Å²) in [7, 11) is 0. The molecule has 0 saturated heterocycles. The van der Waals surface area contributed by atoms with Gasteiger partial charge >= 0.3 is 5.97 Å². The number of carboxylic acid groups (broad SMARTS) is 1. The Labute approximate surface area is 185 Å². The summed E-state index contributed by atoms with van der Waals surface area (Å²) in [4.78, 5) is 27.9. The smallest absolute Gasteiger partial charge is 0.335 e. The zero-order chi connectivity index (χ0) is 22.8. The summed E-state index contributed by atoms with van der Waals surface area (Å²) < 4.78 is 34.0. The van der Waals surface area contributed by atoms with Crippen molar-refractivity contribution in [1.82, 2.24) is 9.55 Å². The molecular formula is C23H15ClF2N2O4. The zero-order valence-electron chi connectivity index (χ0n) is 16.4. The van der Waals surface area contributed by atoms with Crippen LogP contribution in [-0.2, 0) is 6.54 Å². The van der Waals surface area contributed by atoms with Crippen LogP contribution in [0.3, 0.4) is 0 Å². The Morgan fingerprint density at radius 2 is 1.88 bits per heavy atom. The van der Waals surface area contributed by atoms with Crippen LogP contribution in [0.5, 0.6) is 5.75 Å². The number of nitrogens with zero attached hydrogens (tertiary/aromatic N) is 2. The second-order valence-corrected chi connectivity index (χ2v) is 7.34. The van der Waals surface area contributed by atoms with Gasteiger partial charge in [0.1, 0.15) is 12.4 Å². The van der Waals surface area contributed by atoms with Crippen molar-refractivity contribution in [2.24, 2.45) is 0 Å². The van der Waals surface area contributed by atoms with Crippen molar-refractivity contribution < 1.29 is 23.4 Å². The molecule has 0 amide bonds. The van der Waals surface area contributed by atoms with Crippen LogP contribution >= 0.6 is 11.6 Å². The third-order valence-electron chi connectivity index (χ3n) is 4.82. The molecule has 0 saturated carbocycles. The predicted octanol–water partition coefficient (Wildman–Crippen LogP) is 4.77. The summed E-state index contributed by atoms with van der Waals surface area (Å²) in [6.45, 7) is 0.155. The molecule has 1 aromatic heterocycles. The third-order valence-corrected chi connectivity index (χ3v) is 5.05. The Morgan fingerprint density at radius 3 is 2.66 bits per heavy atom. The molecule has 6 nitrogen and oxygen atoms in total. The summed E-state index contributed by atoms with van der Waals surface area (Å²) in [6.07, 6.45) is 1.24. The molecule has 0 spiro atoms. The fourth-order valence-electron chi connectivity index (χ4n) is 3.24. The average Bonchev–Trinajstić information content (AvgIpc) is 2.78. The van der Waals surface area contributed by atoms with E-state index in [2.05, 4.69) is 4.98 Å². The molecule has 4 aromatic rings. The first-order valence-electron chi connectivity index (χ1n) is 9.44. The fourth-order valence-corrected chi connectivity index (χ4v) is 3.41. The van der Waals surface area contributed by atoms with Crippen molar-refractivity contribution in [2.75, 3.05) is 6.61 Å². The van der Waals surface area contributed by atoms with Crippen molar-refractivity contribution in [3.8, 4) is 16.9 Å². The summed E-state index contributed by atoms with van der Waals surface area (Å²) in [5.41, 5.74) is 0.838. The van der Waals surface area contributed by atoms with E-state index in [1.165, 1.54) is 23.0 Å². The molecular weight excluding hydrogens is 442 g/mol. The number of fused-ring (bicyclic) bond motifs is 1. The topological polar surface area (TPSA) is 81.4 Å². The molecule has 0 radical (unpaired) electrons. The lowest BCUT2D eigenvalue weighted by Crippen LogP contribution is -2.23. The van der Waals surface area contributed by atoms with Crippen LogP contribution in [0.1, 0.15) is 10.4 Å². The number of hydrogen-bond acceptors (Lipinski definition) is 4. The quantitative estimate of drug-likeness (QED) is 0.452. The van der Waals surface area contributed by atoms with E-state index in [1.54, 1.807) is 30.3 Å². The number of aromatic carboxylic acids is 1. The maximum atomic E-state index is 13.5. The first-order valence-corrected chi connectivity index (χ1v) is 9.81. The zero-order valence-corrected chi connectivity index (χ0v) is 17.1. The Balaban J connectivity index is 1.58. The van der Waals surface area contributed by atoms with Crippen LogP contribution in [0.2, 0.25) is 5.02 Å². The molecule has 0 atom stereocenters. The van der Waals surface area contributed by atoms with Crippen LogP contribution in [0.15, 0.2) is 65.7 Å². The molecule has 0 fully saturated rings. The monoisotopic (exact) mass is 456 g/mol. The number of carbonyl (C=O) groups is 1. The highest BCUT2D eigenvalue weighted by atomic mass is 35.5. The summed E-state index contributed by atoms with van der Waals surface area (Å²) in [5, 5.41) is 9.65. The summed E-state index contributed by atoms with van der Waals surface area (Å²) in [5.74, 6) is -2.82. The predicted molar refractivity (Wildman–Crippen MR) is 115 cm³/mol. The van der Waals surface area contributed by atoms with Crippen LogP contribution < -0.4 is 10.3 Å². The molecule has 1 N–H and O–H groups in total. The van der Waals surface area contributed by atoms with Crippen LogP contribution in [0.25, 0.3) is 22.0 Å². The van der Waals surface area contributed by atoms with Crippen LogP contribution in [0.4, 0.5) is 8.78 Å². The Bertz CT molecular complexity index is 1400. The number of halogens is 3. The molecule has 0 bridgehead atoms. The third kappa shape index (κ3) is 4.31. The van der Waals surface area contributed by atoms with E-state index in [0.717, 1.165) is 12.1 Å². The molecule has 3 aromatic carbocycles. The van der Waals surface area contributed by atoms with Crippen molar-refractivity contribution in [3.63, 3.8) is 0 Å². The van der Waals surface area contributed by atoms with Gasteiger partial charge in [0.05, 0.1) is 29.3 Å². The SMILES string of the molecule is O=C(O)c1cccc(-c2cc(Cl)ccc2OCCn2cnc3cc(F)c(F)cc3c2=O)c1. The molecule has 1 heterocycles. The van der Waals surface area contributed by atoms with E-state index in [9.17, 15) is 23.5 Å². The number of ether oxygens (including phenoxy) is 1. The number of carboxylic acids is 1. The molecule has 9 heteroatoms. The Morgan fingerprint density at radius 1 is 1.09 bits per heavy atom. The summed E-state index contributed by atoms with van der Waals surface area (Å²) >= 11 is 6.12. The van der Waals surface area contributed by atoms with Gasteiger partial charge in [0.15, 0.2) is 11.6 Å². The van der Waals surface area contributed by atoms with Gasteiger partial charge in [0, 0.05) is 16.7 Å². The van der Waals surface area contributed by atoms with Gasteiger partial charge < -0.3 is 9.84 Å². The number of benzene rings is 3. The van der Waals surface area contributed by atoms with Gasteiger partial charge in [0.25, 0.3) is 5.56 Å². The lowest BCUT2D eigenvalue weighted by molar-refractivity contribution is 0.0697.